The Morgan fingerprint density at radius 2 is 1.50 bits per heavy atom. The van der Waals surface area contributed by atoms with Gasteiger partial charge in [-0.15, -0.1) is 0 Å². The summed E-state index contributed by atoms with van der Waals surface area (Å²) in [5.41, 5.74) is 8.89. The van der Waals surface area contributed by atoms with Crippen LogP contribution in [0.2, 0.25) is 0 Å². The second-order valence-corrected chi connectivity index (χ2v) is 15.4. The van der Waals surface area contributed by atoms with Gasteiger partial charge in [-0.05, 0) is 74.5 Å². The monoisotopic (exact) mass is 594 g/mol. The highest BCUT2D eigenvalue weighted by atomic mass is 32.2. The summed E-state index contributed by atoms with van der Waals surface area (Å²) in [6, 6.07) is 8.45. The van der Waals surface area contributed by atoms with Crippen molar-refractivity contribution in [1.29, 1.82) is 0 Å². The van der Waals surface area contributed by atoms with Gasteiger partial charge in [0, 0.05) is 37.3 Å². The number of sulfonamides is 1. The highest BCUT2D eigenvalue weighted by molar-refractivity contribution is 7.89. The molecule has 6 rings (SSSR count). The maximum absolute atomic E-state index is 13.4. The number of hydrogen-bond donors (Lipinski definition) is 3. The summed E-state index contributed by atoms with van der Waals surface area (Å²) in [6.07, 6.45) is 12.1. The molecular weight excluding hydrogens is 548 g/mol. The highest BCUT2D eigenvalue weighted by Gasteiger charge is 2.31. The lowest BCUT2D eigenvalue weighted by molar-refractivity contribution is 0.329. The zero-order chi connectivity index (χ0) is 29.5. The van der Waals surface area contributed by atoms with Crippen molar-refractivity contribution in [2.24, 2.45) is 5.73 Å². The highest BCUT2D eigenvalue weighted by Crippen LogP contribution is 2.34. The van der Waals surface area contributed by atoms with Gasteiger partial charge >= 0.3 is 0 Å². The largest absolute Gasteiger partial charge is 0.365 e. The van der Waals surface area contributed by atoms with Crippen LogP contribution in [0.25, 0.3) is 11.2 Å². The summed E-state index contributed by atoms with van der Waals surface area (Å²) in [4.78, 5) is 15.0. The second-order valence-electron chi connectivity index (χ2n) is 13.5. The first kappa shape index (κ1) is 29.3. The maximum Gasteiger partial charge on any atom is 0.243 e. The smallest absolute Gasteiger partial charge is 0.243 e. The number of nitrogens with one attached hydrogen (secondary N) is 2. The zero-order valence-electron chi connectivity index (χ0n) is 25.2. The molecule has 2 saturated carbocycles. The van der Waals surface area contributed by atoms with Gasteiger partial charge in [0.1, 0.15) is 0 Å². The van der Waals surface area contributed by atoms with Crippen LogP contribution in [0.5, 0.6) is 0 Å². The first-order valence-electron chi connectivity index (χ1n) is 15.7. The Morgan fingerprint density at radius 1 is 0.857 bits per heavy atom. The lowest BCUT2D eigenvalue weighted by Crippen LogP contribution is -2.42. The number of fused-ring (bicyclic) bond motifs is 1. The fraction of sp³-hybridized carbons (Fsp3) is 0.645. The Balaban J connectivity index is 1.18. The molecular formula is C31H46N8O2S. The van der Waals surface area contributed by atoms with E-state index in [4.69, 9.17) is 20.7 Å². The number of piperidine rings is 1. The first-order chi connectivity index (χ1) is 20.1. The standard InChI is InChI=1S/C31H46N8O2S/c1-31(2,3)21-8-14-26(15-9-21)42(40,41)38-18-16-24(17-19-38)34-28-27-29(39(20-33-27)25-6-4-5-7-25)37-30(36-28)35-23-12-10-22(32)11-13-23/h8-9,14-15,20,22-25H,4-7,10-13,16-19,32H2,1-3H3,(H2,34,35,36,37). The number of benzene rings is 1. The van der Waals surface area contributed by atoms with Gasteiger partial charge in [0.2, 0.25) is 16.0 Å². The molecule has 0 atom stereocenters. The maximum atomic E-state index is 13.4. The minimum absolute atomic E-state index is 0.0228. The van der Waals surface area contributed by atoms with Gasteiger partial charge in [0.25, 0.3) is 0 Å². The summed E-state index contributed by atoms with van der Waals surface area (Å²) in [5, 5.41) is 7.23. The Bertz CT molecular complexity index is 1480. The van der Waals surface area contributed by atoms with Crippen molar-refractivity contribution < 1.29 is 8.42 Å². The van der Waals surface area contributed by atoms with E-state index in [0.717, 1.165) is 61.1 Å². The minimum atomic E-state index is -3.54. The van der Waals surface area contributed by atoms with E-state index in [0.29, 0.717) is 48.9 Å². The summed E-state index contributed by atoms with van der Waals surface area (Å²) in [5.74, 6) is 1.36. The van der Waals surface area contributed by atoms with Crippen LogP contribution in [0.1, 0.15) is 96.6 Å². The van der Waals surface area contributed by atoms with Crippen LogP contribution >= 0.6 is 0 Å². The van der Waals surface area contributed by atoms with Crippen LogP contribution in [0.4, 0.5) is 11.8 Å². The van der Waals surface area contributed by atoms with Crippen LogP contribution in [-0.2, 0) is 15.4 Å². The molecule has 2 aliphatic carbocycles. The van der Waals surface area contributed by atoms with E-state index in [-0.39, 0.29) is 17.5 Å². The summed E-state index contributed by atoms with van der Waals surface area (Å²) >= 11 is 0. The number of imidazole rings is 1. The van der Waals surface area contributed by atoms with E-state index in [1.165, 1.54) is 12.8 Å². The third-order valence-electron chi connectivity index (χ3n) is 9.40. The van der Waals surface area contributed by atoms with E-state index in [1.54, 1.807) is 16.4 Å². The fourth-order valence-corrected chi connectivity index (χ4v) is 8.16. The van der Waals surface area contributed by atoms with Crippen molar-refractivity contribution in [3.63, 3.8) is 0 Å². The molecule has 4 N–H and O–H groups in total. The van der Waals surface area contributed by atoms with Crippen LogP contribution in [0.3, 0.4) is 0 Å². The molecule has 0 bridgehead atoms. The van der Waals surface area contributed by atoms with E-state index < -0.39 is 10.0 Å². The van der Waals surface area contributed by atoms with Crippen LogP contribution in [-0.4, -0.2) is 63.5 Å². The first-order valence-corrected chi connectivity index (χ1v) is 17.2. The average Bonchev–Trinajstić information content (AvgIpc) is 3.65. The number of nitrogens with two attached hydrogens (primary N) is 1. The van der Waals surface area contributed by atoms with Crippen LogP contribution in [0.15, 0.2) is 35.5 Å². The van der Waals surface area contributed by atoms with Crippen molar-refractivity contribution in [3.8, 4) is 0 Å². The number of aromatic nitrogens is 4. The number of rotatable bonds is 7. The van der Waals surface area contributed by atoms with E-state index >= 15 is 0 Å². The van der Waals surface area contributed by atoms with Gasteiger partial charge in [-0.3, -0.25) is 0 Å². The van der Waals surface area contributed by atoms with Gasteiger partial charge in [0.05, 0.1) is 11.2 Å². The molecule has 1 saturated heterocycles. The molecule has 0 unspecified atom stereocenters. The van der Waals surface area contributed by atoms with E-state index in [2.05, 4.69) is 36.0 Å². The minimum Gasteiger partial charge on any atom is -0.365 e. The molecule has 228 valence electrons. The molecule has 3 heterocycles. The molecule has 0 radical (unpaired) electrons. The third kappa shape index (κ3) is 6.14. The molecule has 0 spiro atoms. The average molecular weight is 595 g/mol. The van der Waals surface area contributed by atoms with Crippen LogP contribution < -0.4 is 16.4 Å². The molecule has 42 heavy (non-hydrogen) atoms. The van der Waals surface area contributed by atoms with Gasteiger partial charge in [-0.25, -0.2) is 13.4 Å². The predicted octanol–water partition coefficient (Wildman–Crippen LogP) is 5.19. The molecule has 11 heteroatoms. The second kappa shape index (κ2) is 11.7. The Kier molecular flexibility index (Phi) is 8.19. The van der Waals surface area contributed by atoms with Gasteiger partial charge < -0.3 is 20.9 Å². The van der Waals surface area contributed by atoms with Crippen LogP contribution in [0, 0.1) is 0 Å². The molecule has 10 nitrogen and oxygen atoms in total. The van der Waals surface area contributed by atoms with E-state index in [9.17, 15) is 8.42 Å². The fourth-order valence-electron chi connectivity index (χ4n) is 6.69. The van der Waals surface area contributed by atoms with E-state index in [1.807, 2.05) is 18.5 Å². The quantitative estimate of drug-likeness (QED) is 0.341. The lowest BCUT2D eigenvalue weighted by Gasteiger charge is -2.32. The number of nitrogens with zero attached hydrogens (tertiary/aromatic N) is 5. The molecule has 2 aromatic heterocycles. The lowest BCUT2D eigenvalue weighted by atomic mass is 9.87. The number of hydrogen-bond acceptors (Lipinski definition) is 8. The molecule has 1 aromatic carbocycles. The van der Waals surface area contributed by atoms with Crippen molar-refractivity contribution in [3.05, 3.63) is 36.2 Å². The van der Waals surface area contributed by atoms with Crippen molar-refractivity contribution >= 4 is 33.0 Å². The Morgan fingerprint density at radius 3 is 2.14 bits per heavy atom. The number of anilines is 2. The molecule has 3 fully saturated rings. The van der Waals surface area contributed by atoms with Gasteiger partial charge in [-0.1, -0.05) is 45.7 Å². The zero-order valence-corrected chi connectivity index (χ0v) is 26.0. The Labute approximate surface area is 249 Å². The third-order valence-corrected chi connectivity index (χ3v) is 11.3. The molecule has 1 aliphatic heterocycles. The predicted molar refractivity (Wildman–Crippen MR) is 167 cm³/mol. The summed E-state index contributed by atoms with van der Waals surface area (Å²) in [6.45, 7) is 7.30. The van der Waals surface area contributed by atoms with Crippen molar-refractivity contribution in [2.45, 2.75) is 119 Å². The summed E-state index contributed by atoms with van der Waals surface area (Å²) < 4.78 is 30.7. The Hall–Kier alpha value is -2.76. The van der Waals surface area contributed by atoms with Gasteiger partial charge in [-0.2, -0.15) is 14.3 Å². The molecule has 3 aromatic rings. The van der Waals surface area contributed by atoms with Gasteiger partial charge in [0.15, 0.2) is 17.0 Å². The molecule has 3 aliphatic rings. The van der Waals surface area contributed by atoms with Crippen molar-refractivity contribution in [1.82, 2.24) is 23.8 Å². The normalized spacial score (nSPS) is 23.4. The molecule has 0 amide bonds. The summed E-state index contributed by atoms with van der Waals surface area (Å²) in [7, 11) is -3.54. The van der Waals surface area contributed by atoms with Crippen molar-refractivity contribution in [2.75, 3.05) is 23.7 Å². The SMILES string of the molecule is CC(C)(C)c1ccc(S(=O)(=O)N2CCC(Nc3nc(NC4CCC(N)CC4)nc4c3ncn4C3CCCC3)CC2)cc1. The topological polar surface area (TPSA) is 131 Å².